The Kier molecular flexibility index (Phi) is 7.98. The molecule has 2 atom stereocenters. The molecule has 4 rings (SSSR count). The Morgan fingerprint density at radius 1 is 1.09 bits per heavy atom. The number of rotatable bonds is 7. The summed E-state index contributed by atoms with van der Waals surface area (Å²) in [7, 11) is 0. The molecule has 184 valence electrons. The molecular formula is C26H37N5O3. The van der Waals surface area contributed by atoms with Gasteiger partial charge in [-0.25, -0.2) is 4.98 Å². The van der Waals surface area contributed by atoms with E-state index in [1.54, 1.807) is 22.8 Å². The van der Waals surface area contributed by atoms with Gasteiger partial charge < -0.3 is 15.5 Å². The van der Waals surface area contributed by atoms with Crippen LogP contribution in [0.5, 0.6) is 0 Å². The molecule has 0 saturated carbocycles. The van der Waals surface area contributed by atoms with Crippen LogP contribution in [0.15, 0.2) is 23.0 Å². The fraction of sp³-hybridized carbons (Fsp3) is 0.615. The van der Waals surface area contributed by atoms with Crippen LogP contribution >= 0.6 is 0 Å². The highest BCUT2D eigenvalue weighted by atomic mass is 16.2. The van der Waals surface area contributed by atoms with Gasteiger partial charge in [-0.2, -0.15) is 0 Å². The second-order valence-electron chi connectivity index (χ2n) is 10.2. The molecule has 3 heterocycles. The molecule has 1 fully saturated rings. The van der Waals surface area contributed by atoms with Crippen LogP contribution in [0.3, 0.4) is 0 Å². The van der Waals surface area contributed by atoms with Crippen LogP contribution < -0.4 is 16.2 Å². The monoisotopic (exact) mass is 467 g/mol. The summed E-state index contributed by atoms with van der Waals surface area (Å²) in [6, 6.07) is 5.17. The van der Waals surface area contributed by atoms with Gasteiger partial charge in [0.25, 0.3) is 5.56 Å². The van der Waals surface area contributed by atoms with Crippen molar-refractivity contribution < 1.29 is 9.59 Å². The van der Waals surface area contributed by atoms with Crippen LogP contribution in [0, 0.1) is 11.8 Å². The van der Waals surface area contributed by atoms with Gasteiger partial charge in [-0.15, -0.1) is 0 Å². The number of hydrogen-bond acceptors (Lipinski definition) is 5. The SMILES string of the molecule is C[C@H]1C[C@H](C)CN(CCCNC(=O)CC(=O)Nc2ccc3nc4n(c(=O)c3c2)CCCCC4)C1. The number of likely N-dealkylation sites (tertiary alicyclic amines) is 1. The number of anilines is 1. The number of hydrogen-bond donors (Lipinski definition) is 2. The molecule has 0 radical (unpaired) electrons. The predicted molar refractivity (Wildman–Crippen MR) is 134 cm³/mol. The first kappa shape index (κ1) is 24.4. The van der Waals surface area contributed by atoms with Crippen molar-refractivity contribution in [3.8, 4) is 0 Å². The van der Waals surface area contributed by atoms with Crippen LogP contribution in [0.4, 0.5) is 5.69 Å². The molecule has 8 heteroatoms. The van der Waals surface area contributed by atoms with Crippen molar-refractivity contribution in [1.82, 2.24) is 19.8 Å². The Balaban J connectivity index is 1.27. The Morgan fingerprint density at radius 2 is 1.88 bits per heavy atom. The van der Waals surface area contributed by atoms with Gasteiger partial charge in [-0.1, -0.05) is 20.3 Å². The number of carbonyl (C=O) groups excluding carboxylic acids is 2. The Labute approximate surface area is 201 Å². The molecule has 2 aliphatic heterocycles. The highest BCUT2D eigenvalue weighted by Gasteiger charge is 2.21. The van der Waals surface area contributed by atoms with Gasteiger partial charge in [0, 0.05) is 38.3 Å². The number of aryl methyl sites for hydroxylation is 1. The lowest BCUT2D eigenvalue weighted by Crippen LogP contribution is -2.40. The van der Waals surface area contributed by atoms with Crippen LogP contribution in [0.25, 0.3) is 10.9 Å². The molecule has 0 unspecified atom stereocenters. The molecule has 0 aliphatic carbocycles. The van der Waals surface area contributed by atoms with E-state index in [1.807, 2.05) is 0 Å². The molecule has 8 nitrogen and oxygen atoms in total. The van der Waals surface area contributed by atoms with Crippen LogP contribution in [0.2, 0.25) is 0 Å². The third-order valence-electron chi connectivity index (χ3n) is 6.84. The van der Waals surface area contributed by atoms with Crippen molar-refractivity contribution in [3.63, 3.8) is 0 Å². The summed E-state index contributed by atoms with van der Waals surface area (Å²) in [6.07, 6.45) is 5.85. The number of nitrogens with zero attached hydrogens (tertiary/aromatic N) is 3. The zero-order valence-electron chi connectivity index (χ0n) is 20.4. The maximum atomic E-state index is 13.0. The normalized spacial score (nSPS) is 21.0. The first-order valence-corrected chi connectivity index (χ1v) is 12.7. The minimum Gasteiger partial charge on any atom is -0.356 e. The number of aromatic nitrogens is 2. The lowest BCUT2D eigenvalue weighted by atomic mass is 9.92. The largest absolute Gasteiger partial charge is 0.356 e. The highest BCUT2D eigenvalue weighted by Crippen LogP contribution is 2.21. The van der Waals surface area contributed by atoms with Gasteiger partial charge >= 0.3 is 0 Å². The van der Waals surface area contributed by atoms with Crippen molar-refractivity contribution in [2.24, 2.45) is 11.8 Å². The number of nitrogens with one attached hydrogen (secondary N) is 2. The molecule has 0 spiro atoms. The minimum atomic E-state index is -0.390. The topological polar surface area (TPSA) is 96.3 Å². The van der Waals surface area contributed by atoms with Crippen molar-refractivity contribution in [2.75, 3.05) is 31.5 Å². The first-order valence-electron chi connectivity index (χ1n) is 12.7. The first-order chi connectivity index (χ1) is 16.4. The van der Waals surface area contributed by atoms with E-state index in [0.29, 0.717) is 29.7 Å². The average Bonchev–Trinajstić information content (AvgIpc) is 3.02. The van der Waals surface area contributed by atoms with E-state index in [4.69, 9.17) is 0 Å². The number of benzene rings is 1. The summed E-state index contributed by atoms with van der Waals surface area (Å²) >= 11 is 0. The lowest BCUT2D eigenvalue weighted by Gasteiger charge is -2.34. The van der Waals surface area contributed by atoms with Gasteiger partial charge in [0.2, 0.25) is 11.8 Å². The van der Waals surface area contributed by atoms with E-state index in [1.165, 1.54) is 6.42 Å². The molecule has 1 aromatic carbocycles. The van der Waals surface area contributed by atoms with Gasteiger partial charge in [0.05, 0.1) is 10.9 Å². The van der Waals surface area contributed by atoms with Gasteiger partial charge in [0.1, 0.15) is 12.2 Å². The Morgan fingerprint density at radius 3 is 2.68 bits per heavy atom. The molecule has 2 N–H and O–H groups in total. The molecule has 1 saturated heterocycles. The van der Waals surface area contributed by atoms with E-state index < -0.39 is 5.91 Å². The zero-order valence-corrected chi connectivity index (χ0v) is 20.4. The average molecular weight is 468 g/mol. The summed E-state index contributed by atoms with van der Waals surface area (Å²) in [5, 5.41) is 6.10. The predicted octanol–water partition coefficient (Wildman–Crippen LogP) is 2.94. The molecule has 0 bridgehead atoms. The Bertz CT molecular complexity index is 1090. The standard InChI is InChI=1S/C26H37N5O3/c1-18-13-19(2)17-30(16-18)11-6-10-27-24(32)15-25(33)28-20-8-9-22-21(14-20)26(34)31-12-5-3-4-7-23(31)29-22/h8-9,14,18-19H,3-7,10-13,15-17H2,1-2H3,(H,27,32)(H,28,33)/t18-,19-/m0/s1. The lowest BCUT2D eigenvalue weighted by molar-refractivity contribution is -0.126. The smallest absolute Gasteiger partial charge is 0.261 e. The maximum Gasteiger partial charge on any atom is 0.261 e. The van der Waals surface area contributed by atoms with Crippen LogP contribution in [0.1, 0.15) is 58.2 Å². The number of fused-ring (bicyclic) bond motifs is 2. The van der Waals surface area contributed by atoms with Gasteiger partial charge in [-0.3, -0.25) is 19.0 Å². The van der Waals surface area contributed by atoms with Crippen molar-refractivity contribution in [1.29, 1.82) is 0 Å². The van der Waals surface area contributed by atoms with Crippen LogP contribution in [-0.2, 0) is 22.6 Å². The van der Waals surface area contributed by atoms with E-state index in [-0.39, 0.29) is 17.9 Å². The zero-order chi connectivity index (χ0) is 24.1. The fourth-order valence-electron chi connectivity index (χ4n) is 5.41. The van der Waals surface area contributed by atoms with Gasteiger partial charge in [0.15, 0.2) is 0 Å². The number of amides is 2. The second kappa shape index (κ2) is 11.1. The molecule has 34 heavy (non-hydrogen) atoms. The molecule has 2 aliphatic rings. The summed E-state index contributed by atoms with van der Waals surface area (Å²) in [5.41, 5.74) is 1.09. The summed E-state index contributed by atoms with van der Waals surface area (Å²) in [5.74, 6) is 1.61. The third-order valence-corrected chi connectivity index (χ3v) is 6.84. The number of piperidine rings is 1. The molecule has 2 aromatic rings. The fourth-order valence-corrected chi connectivity index (χ4v) is 5.41. The van der Waals surface area contributed by atoms with Crippen molar-refractivity contribution >= 4 is 28.4 Å². The quantitative estimate of drug-likeness (QED) is 0.482. The molecular weight excluding hydrogens is 430 g/mol. The van der Waals surface area contributed by atoms with Gasteiger partial charge in [-0.05, 0) is 62.3 Å². The minimum absolute atomic E-state index is 0.0618. The van der Waals surface area contributed by atoms with E-state index in [9.17, 15) is 14.4 Å². The van der Waals surface area contributed by atoms with Crippen LogP contribution in [-0.4, -0.2) is 52.4 Å². The molecule has 1 aromatic heterocycles. The summed E-state index contributed by atoms with van der Waals surface area (Å²) in [4.78, 5) is 44.7. The second-order valence-corrected chi connectivity index (χ2v) is 10.2. The third kappa shape index (κ3) is 6.23. The molecule has 2 amide bonds. The van der Waals surface area contributed by atoms with Crippen molar-refractivity contribution in [2.45, 2.75) is 65.3 Å². The number of carbonyl (C=O) groups is 2. The maximum absolute atomic E-state index is 13.0. The summed E-state index contributed by atoms with van der Waals surface area (Å²) < 4.78 is 1.76. The summed E-state index contributed by atoms with van der Waals surface area (Å²) in [6.45, 7) is 9.04. The van der Waals surface area contributed by atoms with E-state index in [0.717, 1.165) is 69.4 Å². The van der Waals surface area contributed by atoms with E-state index >= 15 is 0 Å². The highest BCUT2D eigenvalue weighted by molar-refractivity contribution is 6.04. The van der Waals surface area contributed by atoms with E-state index in [2.05, 4.69) is 34.4 Å². The Hall–Kier alpha value is -2.74. The van der Waals surface area contributed by atoms with Crippen molar-refractivity contribution in [3.05, 3.63) is 34.4 Å².